The van der Waals surface area contributed by atoms with Gasteiger partial charge in [-0.25, -0.2) is 8.42 Å². The molecule has 0 radical (unpaired) electrons. The van der Waals surface area contributed by atoms with E-state index in [1.807, 2.05) is 13.0 Å². The zero-order valence-corrected chi connectivity index (χ0v) is 19.5. The van der Waals surface area contributed by atoms with Crippen molar-refractivity contribution in [2.75, 3.05) is 18.6 Å². The molecule has 9 heteroatoms. The van der Waals surface area contributed by atoms with Crippen LogP contribution in [0.5, 0.6) is 5.75 Å². The highest BCUT2D eigenvalue weighted by atomic mass is 32.2. The standard InChI is InChI=1S/C25H24N2O6S/c1-17-8-13-22-19(14-17)15-27(34(31,32)21-11-9-20(33-2)10-12-21)23(25(29)30)16-26(22)24(28)18-6-4-3-5-7-18/h3-14,23H,15-16H2,1-2H3,(H,29,30). The number of rotatable bonds is 5. The molecule has 0 saturated heterocycles. The number of hydrogen-bond donors (Lipinski definition) is 1. The molecule has 1 heterocycles. The van der Waals surface area contributed by atoms with Crippen LogP contribution in [-0.4, -0.2) is 49.4 Å². The Labute approximate surface area is 198 Å². The topological polar surface area (TPSA) is 104 Å². The molecule has 0 spiro atoms. The molecule has 1 aliphatic rings. The van der Waals surface area contributed by atoms with Crippen LogP contribution in [0.4, 0.5) is 5.69 Å². The largest absolute Gasteiger partial charge is 0.497 e. The van der Waals surface area contributed by atoms with Gasteiger partial charge in [0.1, 0.15) is 11.8 Å². The number of hydrogen-bond acceptors (Lipinski definition) is 5. The Morgan fingerprint density at radius 1 is 1.00 bits per heavy atom. The lowest BCUT2D eigenvalue weighted by atomic mass is 10.1. The van der Waals surface area contributed by atoms with Gasteiger partial charge in [-0.05, 0) is 55.0 Å². The molecule has 0 saturated carbocycles. The van der Waals surface area contributed by atoms with E-state index in [2.05, 4.69) is 0 Å². The summed E-state index contributed by atoms with van der Waals surface area (Å²) in [6.45, 7) is 1.32. The highest BCUT2D eigenvalue weighted by molar-refractivity contribution is 7.89. The minimum Gasteiger partial charge on any atom is -0.497 e. The SMILES string of the molecule is COc1ccc(S(=O)(=O)N2Cc3cc(C)ccc3N(C(=O)c3ccccc3)CC2C(=O)O)cc1. The molecule has 176 valence electrons. The molecule has 3 aromatic rings. The number of nitrogens with zero attached hydrogens (tertiary/aromatic N) is 2. The smallest absolute Gasteiger partial charge is 0.323 e. The monoisotopic (exact) mass is 480 g/mol. The number of anilines is 1. The molecule has 8 nitrogen and oxygen atoms in total. The lowest BCUT2D eigenvalue weighted by Gasteiger charge is -2.28. The molecule has 0 aliphatic carbocycles. The van der Waals surface area contributed by atoms with Crippen LogP contribution in [-0.2, 0) is 21.4 Å². The molecule has 34 heavy (non-hydrogen) atoms. The molecule has 3 aromatic carbocycles. The van der Waals surface area contributed by atoms with E-state index in [-0.39, 0.29) is 18.0 Å². The van der Waals surface area contributed by atoms with E-state index >= 15 is 0 Å². The fourth-order valence-corrected chi connectivity index (χ4v) is 5.56. The van der Waals surface area contributed by atoms with Crippen molar-refractivity contribution in [2.24, 2.45) is 0 Å². The average Bonchev–Trinajstić information content (AvgIpc) is 3.01. The van der Waals surface area contributed by atoms with Crippen LogP contribution in [0.1, 0.15) is 21.5 Å². The summed E-state index contributed by atoms with van der Waals surface area (Å²) in [5.74, 6) is -1.27. The van der Waals surface area contributed by atoms with Gasteiger partial charge in [0.25, 0.3) is 5.91 Å². The van der Waals surface area contributed by atoms with Crippen LogP contribution < -0.4 is 9.64 Å². The number of aliphatic carboxylic acids is 1. The maximum atomic E-state index is 13.6. The van der Waals surface area contributed by atoms with Crippen LogP contribution >= 0.6 is 0 Å². The van der Waals surface area contributed by atoms with Crippen LogP contribution in [0, 0.1) is 6.92 Å². The molecule has 1 N–H and O–H groups in total. The molecular weight excluding hydrogens is 456 g/mol. The van der Waals surface area contributed by atoms with Gasteiger partial charge in [0.2, 0.25) is 10.0 Å². The van der Waals surface area contributed by atoms with Crippen molar-refractivity contribution in [3.05, 3.63) is 89.5 Å². The fraction of sp³-hybridized carbons (Fsp3) is 0.200. The van der Waals surface area contributed by atoms with E-state index in [0.717, 1.165) is 9.87 Å². The molecular formula is C25H24N2O6S. The van der Waals surface area contributed by atoms with Crippen molar-refractivity contribution in [3.8, 4) is 5.75 Å². The third-order valence-corrected chi connectivity index (χ3v) is 7.64. The van der Waals surface area contributed by atoms with Crippen LogP contribution in [0.25, 0.3) is 0 Å². The highest BCUT2D eigenvalue weighted by Crippen LogP contribution is 2.33. The Balaban J connectivity index is 1.84. The summed E-state index contributed by atoms with van der Waals surface area (Å²) in [6.07, 6.45) is 0. The Bertz CT molecular complexity index is 1320. The number of benzene rings is 3. The third kappa shape index (κ3) is 4.40. The van der Waals surface area contributed by atoms with Crippen LogP contribution in [0.3, 0.4) is 0 Å². The highest BCUT2D eigenvalue weighted by Gasteiger charge is 2.41. The Morgan fingerprint density at radius 2 is 1.68 bits per heavy atom. The number of methoxy groups -OCH3 is 1. The second-order valence-corrected chi connectivity index (χ2v) is 9.88. The minimum atomic E-state index is -4.21. The maximum Gasteiger partial charge on any atom is 0.323 e. The number of fused-ring (bicyclic) bond motifs is 1. The van der Waals surface area contributed by atoms with Crippen molar-refractivity contribution in [2.45, 2.75) is 24.4 Å². The first kappa shape index (κ1) is 23.5. The second-order valence-electron chi connectivity index (χ2n) is 7.99. The molecule has 1 unspecified atom stereocenters. The van der Waals surface area contributed by atoms with Crippen molar-refractivity contribution in [3.63, 3.8) is 0 Å². The van der Waals surface area contributed by atoms with Gasteiger partial charge in [0, 0.05) is 17.8 Å². The van der Waals surface area contributed by atoms with Gasteiger partial charge in [0.15, 0.2) is 0 Å². The van der Waals surface area contributed by atoms with E-state index in [9.17, 15) is 23.1 Å². The predicted molar refractivity (Wildman–Crippen MR) is 126 cm³/mol. The number of carbonyl (C=O) groups is 2. The number of carboxylic acids is 1. The lowest BCUT2D eigenvalue weighted by Crippen LogP contribution is -2.50. The molecule has 0 fully saturated rings. The van der Waals surface area contributed by atoms with E-state index in [4.69, 9.17) is 4.74 Å². The Hall–Kier alpha value is -3.69. The van der Waals surface area contributed by atoms with Gasteiger partial charge in [-0.3, -0.25) is 9.59 Å². The summed E-state index contributed by atoms with van der Waals surface area (Å²) in [4.78, 5) is 27.1. The lowest BCUT2D eigenvalue weighted by molar-refractivity contribution is -0.141. The van der Waals surface area contributed by atoms with Gasteiger partial charge in [-0.2, -0.15) is 4.31 Å². The molecule has 1 amide bonds. The maximum absolute atomic E-state index is 13.6. The first-order valence-electron chi connectivity index (χ1n) is 10.6. The van der Waals surface area contributed by atoms with Crippen molar-refractivity contribution >= 4 is 27.6 Å². The van der Waals surface area contributed by atoms with Crippen molar-refractivity contribution in [1.82, 2.24) is 4.31 Å². The summed E-state index contributed by atoms with van der Waals surface area (Å²) in [7, 11) is -2.75. The fourth-order valence-electron chi connectivity index (χ4n) is 4.01. The van der Waals surface area contributed by atoms with Gasteiger partial charge < -0.3 is 14.7 Å². The summed E-state index contributed by atoms with van der Waals surface area (Å²) >= 11 is 0. The summed E-state index contributed by atoms with van der Waals surface area (Å²) in [6, 6.07) is 18.1. The second kappa shape index (κ2) is 9.28. The first-order chi connectivity index (χ1) is 16.2. The zero-order valence-electron chi connectivity index (χ0n) is 18.7. The third-order valence-electron chi connectivity index (χ3n) is 5.77. The molecule has 0 bridgehead atoms. The van der Waals surface area contributed by atoms with Crippen LogP contribution in [0.15, 0.2) is 77.7 Å². The van der Waals surface area contributed by atoms with Gasteiger partial charge in [-0.1, -0.05) is 35.9 Å². The number of sulfonamides is 1. The first-order valence-corrected chi connectivity index (χ1v) is 12.0. The summed E-state index contributed by atoms with van der Waals surface area (Å²) in [5.41, 5.74) is 2.27. The van der Waals surface area contributed by atoms with Gasteiger partial charge in [-0.15, -0.1) is 0 Å². The summed E-state index contributed by atoms with van der Waals surface area (Å²) in [5, 5.41) is 10.1. The number of carbonyl (C=O) groups excluding carboxylic acids is 1. The normalized spacial score (nSPS) is 16.4. The van der Waals surface area contributed by atoms with E-state index in [1.165, 1.54) is 36.3 Å². The van der Waals surface area contributed by atoms with Crippen molar-refractivity contribution in [1.29, 1.82) is 0 Å². The minimum absolute atomic E-state index is 0.0587. The van der Waals surface area contributed by atoms with Gasteiger partial charge >= 0.3 is 5.97 Å². The Morgan fingerprint density at radius 3 is 2.29 bits per heavy atom. The van der Waals surface area contributed by atoms with E-state index in [0.29, 0.717) is 22.6 Å². The van der Waals surface area contributed by atoms with Crippen molar-refractivity contribution < 1.29 is 27.9 Å². The molecule has 4 rings (SSSR count). The Kier molecular flexibility index (Phi) is 6.41. The quantitative estimate of drug-likeness (QED) is 0.601. The number of amides is 1. The van der Waals surface area contributed by atoms with Gasteiger partial charge in [0.05, 0.1) is 18.6 Å². The zero-order chi connectivity index (χ0) is 24.5. The number of ether oxygens (including phenoxy) is 1. The summed E-state index contributed by atoms with van der Waals surface area (Å²) < 4.78 is 33.3. The van der Waals surface area contributed by atoms with Crippen LogP contribution in [0.2, 0.25) is 0 Å². The molecule has 1 atom stereocenters. The molecule has 0 aromatic heterocycles. The number of aryl methyl sites for hydroxylation is 1. The molecule has 1 aliphatic heterocycles. The number of carboxylic acid groups (broad SMARTS) is 1. The average molecular weight is 481 g/mol. The van der Waals surface area contributed by atoms with E-state index in [1.54, 1.807) is 42.5 Å². The van der Waals surface area contributed by atoms with E-state index < -0.39 is 27.9 Å². The predicted octanol–water partition coefficient (Wildman–Crippen LogP) is 3.31.